The summed E-state index contributed by atoms with van der Waals surface area (Å²) in [6, 6.07) is 0. The molecule has 1 N–H and O–H groups in total. The molecule has 0 aliphatic heterocycles. The normalized spacial score (nSPS) is 39.6. The SMILES string of the molecule is CCCCCCNO[C@H]1CC[C@@]2(C)C(=CCC3C2CC[C@@]2(C)C3CC[C@@H]2[C@H](C)CCCC(C)C)C1. The van der Waals surface area contributed by atoms with E-state index in [9.17, 15) is 0 Å². The molecule has 2 nitrogen and oxygen atoms in total. The van der Waals surface area contributed by atoms with E-state index in [1.54, 1.807) is 5.57 Å². The molecule has 0 amide bonds. The lowest BCUT2D eigenvalue weighted by Crippen LogP contribution is -2.51. The number of hydrogen-bond acceptors (Lipinski definition) is 2. The van der Waals surface area contributed by atoms with Crippen molar-refractivity contribution in [3.05, 3.63) is 11.6 Å². The van der Waals surface area contributed by atoms with Crippen molar-refractivity contribution in [2.24, 2.45) is 46.3 Å². The van der Waals surface area contributed by atoms with E-state index >= 15 is 0 Å². The molecule has 0 spiro atoms. The minimum absolute atomic E-state index is 0.383. The third-order valence-electron chi connectivity index (χ3n) is 11.6. The van der Waals surface area contributed by atoms with E-state index in [-0.39, 0.29) is 0 Å². The van der Waals surface area contributed by atoms with Crippen LogP contribution in [0.3, 0.4) is 0 Å². The molecule has 0 aromatic carbocycles. The van der Waals surface area contributed by atoms with Gasteiger partial charge in [-0.2, -0.15) is 0 Å². The van der Waals surface area contributed by atoms with Crippen molar-refractivity contribution in [2.45, 2.75) is 144 Å². The van der Waals surface area contributed by atoms with Gasteiger partial charge in [0.2, 0.25) is 0 Å². The Bertz CT molecular complexity index is 699. The number of rotatable bonds is 12. The second-order valence-electron chi connectivity index (χ2n) is 14.2. The maximum atomic E-state index is 6.18. The molecule has 8 atom stereocenters. The van der Waals surface area contributed by atoms with Gasteiger partial charge in [0.15, 0.2) is 0 Å². The van der Waals surface area contributed by atoms with E-state index < -0.39 is 0 Å². The van der Waals surface area contributed by atoms with Crippen LogP contribution in [0.5, 0.6) is 0 Å². The molecular formula is C33H59NO. The number of fused-ring (bicyclic) bond motifs is 5. The molecule has 3 fully saturated rings. The Morgan fingerprint density at radius 2 is 1.77 bits per heavy atom. The largest absolute Gasteiger partial charge is 0.298 e. The second kappa shape index (κ2) is 12.0. The Morgan fingerprint density at radius 3 is 2.54 bits per heavy atom. The number of allylic oxidation sites excluding steroid dienone is 1. The summed E-state index contributed by atoms with van der Waals surface area (Å²) in [4.78, 5) is 6.18. The van der Waals surface area contributed by atoms with Crippen molar-refractivity contribution in [1.29, 1.82) is 0 Å². The maximum absolute atomic E-state index is 6.18. The van der Waals surface area contributed by atoms with Crippen LogP contribution in [0, 0.1) is 46.3 Å². The van der Waals surface area contributed by atoms with Crippen molar-refractivity contribution in [3.8, 4) is 0 Å². The zero-order valence-electron chi connectivity index (χ0n) is 24.3. The first kappa shape index (κ1) is 27.7. The van der Waals surface area contributed by atoms with Gasteiger partial charge in [-0.25, -0.2) is 5.48 Å². The van der Waals surface area contributed by atoms with Gasteiger partial charge in [0, 0.05) is 6.54 Å². The zero-order chi connectivity index (χ0) is 25.1. The van der Waals surface area contributed by atoms with Gasteiger partial charge in [0.25, 0.3) is 0 Å². The fourth-order valence-corrected chi connectivity index (χ4v) is 9.55. The molecule has 4 rings (SSSR count). The fraction of sp³-hybridized carbons (Fsp3) is 0.939. The van der Waals surface area contributed by atoms with Gasteiger partial charge in [-0.05, 0) is 104 Å². The molecule has 0 bridgehead atoms. The van der Waals surface area contributed by atoms with Crippen LogP contribution >= 0.6 is 0 Å². The predicted molar refractivity (Wildman–Crippen MR) is 150 cm³/mol. The van der Waals surface area contributed by atoms with E-state index in [0.29, 0.717) is 16.9 Å². The van der Waals surface area contributed by atoms with Crippen molar-refractivity contribution in [2.75, 3.05) is 6.54 Å². The molecule has 0 aromatic rings. The Hall–Kier alpha value is -0.340. The van der Waals surface area contributed by atoms with Crippen molar-refractivity contribution >= 4 is 0 Å². The van der Waals surface area contributed by atoms with Crippen LogP contribution in [-0.4, -0.2) is 12.6 Å². The summed E-state index contributed by atoms with van der Waals surface area (Å²) >= 11 is 0. The standard InChI is InChI=1S/C33H59NO/c1-7-8-9-10-22-34-35-27-18-20-32(5)26(23-27)14-15-28-30-17-16-29(25(4)13-11-12-24(2)3)33(30,6)21-19-31(28)32/h14,24-25,27-31,34H,7-13,15-23H2,1-6H3/t25-,27+,28?,29-,30?,31?,32+,33-/m1/s1. The maximum Gasteiger partial charge on any atom is 0.0827 e. The zero-order valence-corrected chi connectivity index (χ0v) is 24.3. The summed E-state index contributed by atoms with van der Waals surface area (Å²) in [5.74, 6) is 5.55. The van der Waals surface area contributed by atoms with Gasteiger partial charge in [-0.1, -0.05) is 91.7 Å². The molecule has 0 heterocycles. The topological polar surface area (TPSA) is 21.3 Å². The summed E-state index contributed by atoms with van der Waals surface area (Å²) in [7, 11) is 0. The Balaban J connectivity index is 1.34. The van der Waals surface area contributed by atoms with Crippen LogP contribution < -0.4 is 5.48 Å². The van der Waals surface area contributed by atoms with Crippen molar-refractivity contribution in [3.63, 3.8) is 0 Å². The van der Waals surface area contributed by atoms with Gasteiger partial charge < -0.3 is 0 Å². The average Bonchev–Trinajstić information content (AvgIpc) is 3.18. The van der Waals surface area contributed by atoms with Gasteiger partial charge >= 0.3 is 0 Å². The number of hydroxylamine groups is 1. The predicted octanol–water partition coefficient (Wildman–Crippen LogP) is 9.50. The van der Waals surface area contributed by atoms with Gasteiger partial charge in [0.05, 0.1) is 6.10 Å². The fourth-order valence-electron chi connectivity index (χ4n) is 9.55. The van der Waals surface area contributed by atoms with Crippen LogP contribution in [0.15, 0.2) is 11.6 Å². The highest BCUT2D eigenvalue weighted by atomic mass is 16.7. The Kier molecular flexibility index (Phi) is 9.51. The number of nitrogens with one attached hydrogen (secondary N) is 1. The summed E-state index contributed by atoms with van der Waals surface area (Å²) in [6.07, 6.45) is 23.6. The highest BCUT2D eigenvalue weighted by Crippen LogP contribution is 2.67. The summed E-state index contributed by atoms with van der Waals surface area (Å²) in [5.41, 5.74) is 6.11. The first-order chi connectivity index (χ1) is 16.8. The molecule has 3 unspecified atom stereocenters. The molecular weight excluding hydrogens is 426 g/mol. The van der Waals surface area contributed by atoms with E-state index in [2.05, 4.69) is 53.1 Å². The minimum Gasteiger partial charge on any atom is -0.298 e. The number of hydrogen-bond donors (Lipinski definition) is 1. The van der Waals surface area contributed by atoms with Gasteiger partial charge in [-0.3, -0.25) is 4.84 Å². The van der Waals surface area contributed by atoms with E-state index in [4.69, 9.17) is 4.84 Å². The van der Waals surface area contributed by atoms with Crippen molar-refractivity contribution in [1.82, 2.24) is 5.48 Å². The third-order valence-corrected chi connectivity index (χ3v) is 11.6. The summed E-state index contributed by atoms with van der Waals surface area (Å²) in [5, 5.41) is 0. The quantitative estimate of drug-likeness (QED) is 0.169. The monoisotopic (exact) mass is 485 g/mol. The van der Waals surface area contributed by atoms with Gasteiger partial charge in [-0.15, -0.1) is 0 Å². The van der Waals surface area contributed by atoms with Crippen LogP contribution in [0.2, 0.25) is 0 Å². The molecule has 4 aliphatic carbocycles. The van der Waals surface area contributed by atoms with Crippen LogP contribution in [0.4, 0.5) is 0 Å². The van der Waals surface area contributed by atoms with E-state index in [0.717, 1.165) is 42.1 Å². The molecule has 202 valence electrons. The lowest BCUT2D eigenvalue weighted by atomic mass is 9.47. The first-order valence-corrected chi connectivity index (χ1v) is 15.9. The summed E-state index contributed by atoms with van der Waals surface area (Å²) < 4.78 is 0. The second-order valence-corrected chi connectivity index (χ2v) is 14.2. The Morgan fingerprint density at radius 1 is 0.943 bits per heavy atom. The Labute approximate surface area is 218 Å². The molecule has 35 heavy (non-hydrogen) atoms. The molecule has 0 saturated heterocycles. The van der Waals surface area contributed by atoms with Crippen LogP contribution in [0.25, 0.3) is 0 Å². The van der Waals surface area contributed by atoms with Gasteiger partial charge in [0.1, 0.15) is 0 Å². The summed E-state index contributed by atoms with van der Waals surface area (Å²) in [6.45, 7) is 16.0. The van der Waals surface area contributed by atoms with Crippen molar-refractivity contribution < 1.29 is 4.84 Å². The highest BCUT2D eigenvalue weighted by molar-refractivity contribution is 5.25. The third kappa shape index (κ3) is 5.89. The molecule has 4 aliphatic rings. The molecule has 3 saturated carbocycles. The van der Waals surface area contributed by atoms with E-state index in [1.165, 1.54) is 96.3 Å². The van der Waals surface area contributed by atoms with E-state index in [1.807, 2.05) is 0 Å². The lowest BCUT2D eigenvalue weighted by Gasteiger charge is -2.58. The molecule has 0 aromatic heterocycles. The number of unbranched alkanes of at least 4 members (excludes halogenated alkanes) is 3. The molecule has 2 heteroatoms. The lowest BCUT2D eigenvalue weighted by molar-refractivity contribution is -0.0803. The van der Waals surface area contributed by atoms with Crippen LogP contribution in [0.1, 0.15) is 138 Å². The smallest absolute Gasteiger partial charge is 0.0827 e. The minimum atomic E-state index is 0.383. The highest BCUT2D eigenvalue weighted by Gasteiger charge is 2.59. The van der Waals surface area contributed by atoms with Crippen LogP contribution in [-0.2, 0) is 4.84 Å². The first-order valence-electron chi connectivity index (χ1n) is 15.9. The average molecular weight is 486 g/mol. The molecule has 0 radical (unpaired) electrons.